The van der Waals surface area contributed by atoms with Crippen LogP contribution in [0, 0.1) is 0 Å². The first-order chi connectivity index (χ1) is 10.4. The van der Waals surface area contributed by atoms with Crippen LogP contribution < -0.4 is 5.32 Å². The van der Waals surface area contributed by atoms with Gasteiger partial charge in [0, 0.05) is 18.8 Å². The summed E-state index contributed by atoms with van der Waals surface area (Å²) in [6.45, 7) is 12.0. The zero-order valence-electron chi connectivity index (χ0n) is 15.3. The zero-order chi connectivity index (χ0) is 17.9. The topological polar surface area (TPSA) is 67.9 Å². The molecule has 2 amide bonds. The second-order valence-corrected chi connectivity index (χ2v) is 8.86. The van der Waals surface area contributed by atoms with Crippen LogP contribution in [0.15, 0.2) is 0 Å². The van der Waals surface area contributed by atoms with Crippen molar-refractivity contribution in [1.29, 1.82) is 0 Å². The Hall–Kier alpha value is -1.11. The number of hydrogen-bond donors (Lipinski definition) is 1. The Balaban J connectivity index is 2.73. The third-order valence-electron chi connectivity index (χ3n) is 3.19. The lowest BCUT2D eigenvalue weighted by molar-refractivity contribution is 0.0267. The first kappa shape index (κ1) is 19.9. The van der Waals surface area contributed by atoms with Crippen molar-refractivity contribution in [3.8, 4) is 0 Å². The third kappa shape index (κ3) is 6.89. The van der Waals surface area contributed by atoms with Gasteiger partial charge in [-0.2, -0.15) is 11.8 Å². The number of thioether (sulfide) groups is 1. The van der Waals surface area contributed by atoms with E-state index >= 15 is 0 Å². The normalized spacial score (nSPS) is 22.0. The maximum absolute atomic E-state index is 12.2. The van der Waals surface area contributed by atoms with Gasteiger partial charge in [0.2, 0.25) is 0 Å². The number of amides is 2. The van der Waals surface area contributed by atoms with E-state index < -0.39 is 22.8 Å². The van der Waals surface area contributed by atoms with Gasteiger partial charge in [0.25, 0.3) is 0 Å². The smallest absolute Gasteiger partial charge is 0.410 e. The molecule has 1 unspecified atom stereocenters. The zero-order valence-corrected chi connectivity index (χ0v) is 16.1. The Morgan fingerprint density at radius 1 is 1.13 bits per heavy atom. The molecule has 1 aliphatic rings. The quantitative estimate of drug-likeness (QED) is 0.849. The van der Waals surface area contributed by atoms with Crippen LogP contribution in [-0.2, 0) is 9.47 Å². The summed E-state index contributed by atoms with van der Waals surface area (Å²) >= 11 is 1.64. The van der Waals surface area contributed by atoms with Crippen LogP contribution in [0.1, 0.15) is 48.0 Å². The van der Waals surface area contributed by atoms with Gasteiger partial charge in [-0.25, -0.2) is 9.59 Å². The van der Waals surface area contributed by atoms with Crippen molar-refractivity contribution < 1.29 is 19.1 Å². The fraction of sp³-hybridized carbons (Fsp3) is 0.875. The first-order valence-corrected chi connectivity index (χ1v) is 9.23. The lowest BCUT2D eigenvalue weighted by atomic mass is 10.0. The summed E-state index contributed by atoms with van der Waals surface area (Å²) in [5.74, 6) is 0.714. The van der Waals surface area contributed by atoms with Gasteiger partial charge in [-0.05, 0) is 54.2 Å². The number of alkyl carbamates (subject to hydrolysis) is 1. The summed E-state index contributed by atoms with van der Waals surface area (Å²) < 4.78 is 10.8. The molecule has 23 heavy (non-hydrogen) atoms. The average molecular weight is 346 g/mol. The molecule has 0 aromatic carbocycles. The molecule has 1 aliphatic heterocycles. The summed E-state index contributed by atoms with van der Waals surface area (Å²) in [6.07, 6.45) is 1.88. The van der Waals surface area contributed by atoms with E-state index in [2.05, 4.69) is 5.32 Å². The van der Waals surface area contributed by atoms with Crippen molar-refractivity contribution in [3.63, 3.8) is 0 Å². The molecule has 0 radical (unpaired) electrons. The molecule has 0 aliphatic carbocycles. The lowest BCUT2D eigenvalue weighted by Crippen LogP contribution is -2.54. The first-order valence-electron chi connectivity index (χ1n) is 7.84. The van der Waals surface area contributed by atoms with Crippen molar-refractivity contribution in [3.05, 3.63) is 0 Å². The van der Waals surface area contributed by atoms with E-state index in [4.69, 9.17) is 9.47 Å². The molecule has 1 heterocycles. The highest BCUT2D eigenvalue weighted by atomic mass is 32.2. The van der Waals surface area contributed by atoms with E-state index in [0.717, 1.165) is 0 Å². The molecule has 0 aromatic heterocycles. The van der Waals surface area contributed by atoms with Crippen LogP contribution in [0.3, 0.4) is 0 Å². The molecule has 0 spiro atoms. The van der Waals surface area contributed by atoms with E-state index in [1.54, 1.807) is 16.7 Å². The summed E-state index contributed by atoms with van der Waals surface area (Å²) in [5.41, 5.74) is -1.55. The molecule has 0 bridgehead atoms. The van der Waals surface area contributed by atoms with Gasteiger partial charge in [0.05, 0.1) is 5.54 Å². The minimum Gasteiger partial charge on any atom is -0.444 e. The van der Waals surface area contributed by atoms with Gasteiger partial charge in [-0.1, -0.05) is 0 Å². The molecular formula is C16H30N2O4S. The van der Waals surface area contributed by atoms with Crippen molar-refractivity contribution in [2.45, 2.75) is 64.7 Å². The second kappa shape index (κ2) is 7.20. The summed E-state index contributed by atoms with van der Waals surface area (Å²) in [7, 11) is 0. The Bertz CT molecular complexity index is 442. The molecule has 134 valence electrons. The number of hydrogen-bond acceptors (Lipinski definition) is 5. The van der Waals surface area contributed by atoms with Crippen molar-refractivity contribution in [1.82, 2.24) is 10.2 Å². The molecule has 1 saturated heterocycles. The van der Waals surface area contributed by atoms with E-state index in [1.165, 1.54) is 0 Å². The number of nitrogens with zero attached hydrogens (tertiary/aromatic N) is 1. The number of ether oxygens (including phenoxy) is 2. The van der Waals surface area contributed by atoms with Crippen LogP contribution in [0.4, 0.5) is 9.59 Å². The number of carbonyl (C=O) groups is 2. The predicted molar refractivity (Wildman–Crippen MR) is 92.9 cm³/mol. The number of likely N-dealkylation sites (tertiary alicyclic amines) is 1. The van der Waals surface area contributed by atoms with Crippen LogP contribution in [0.2, 0.25) is 0 Å². The molecule has 7 heteroatoms. The van der Waals surface area contributed by atoms with Crippen molar-refractivity contribution in [2.75, 3.05) is 25.1 Å². The largest absolute Gasteiger partial charge is 0.444 e. The fourth-order valence-electron chi connectivity index (χ4n) is 2.41. The van der Waals surface area contributed by atoms with E-state index in [1.807, 2.05) is 47.8 Å². The van der Waals surface area contributed by atoms with E-state index in [9.17, 15) is 9.59 Å². The highest BCUT2D eigenvalue weighted by Gasteiger charge is 2.42. The van der Waals surface area contributed by atoms with Gasteiger partial charge in [0.15, 0.2) is 0 Å². The molecule has 0 saturated carbocycles. The molecule has 1 rings (SSSR count). The van der Waals surface area contributed by atoms with Crippen LogP contribution in [0.5, 0.6) is 0 Å². The number of carbonyl (C=O) groups excluding carboxylic acids is 2. The number of rotatable bonds is 3. The number of nitrogens with one attached hydrogen (secondary N) is 1. The van der Waals surface area contributed by atoms with Crippen molar-refractivity contribution >= 4 is 23.9 Å². The molecule has 1 atom stereocenters. The van der Waals surface area contributed by atoms with Crippen molar-refractivity contribution in [2.24, 2.45) is 0 Å². The maximum Gasteiger partial charge on any atom is 0.410 e. The molecule has 1 N–H and O–H groups in total. The highest BCUT2D eigenvalue weighted by molar-refractivity contribution is 7.98. The second-order valence-electron chi connectivity index (χ2n) is 7.99. The van der Waals surface area contributed by atoms with Crippen LogP contribution in [-0.4, -0.2) is 58.9 Å². The molecular weight excluding hydrogens is 316 g/mol. The van der Waals surface area contributed by atoms with Gasteiger partial charge < -0.3 is 19.7 Å². The highest BCUT2D eigenvalue weighted by Crippen LogP contribution is 2.27. The Labute approximate surface area is 143 Å². The SMILES string of the molecule is CSCC1(NC(=O)OC(C)(C)C)CCN(C(=O)OC(C)(C)C)C1. The maximum atomic E-state index is 12.2. The van der Waals surface area contributed by atoms with Gasteiger partial charge in [0.1, 0.15) is 11.2 Å². The van der Waals surface area contributed by atoms with Crippen LogP contribution in [0.25, 0.3) is 0 Å². The monoisotopic (exact) mass is 346 g/mol. The summed E-state index contributed by atoms with van der Waals surface area (Å²) in [5, 5.41) is 2.97. The fourth-order valence-corrected chi connectivity index (χ4v) is 3.27. The van der Waals surface area contributed by atoms with Crippen LogP contribution >= 0.6 is 11.8 Å². The molecule has 0 aromatic rings. The Morgan fingerprint density at radius 2 is 1.70 bits per heavy atom. The van der Waals surface area contributed by atoms with E-state index in [-0.39, 0.29) is 6.09 Å². The summed E-state index contributed by atoms with van der Waals surface area (Å²) in [4.78, 5) is 26.0. The molecule has 1 fully saturated rings. The minimum atomic E-state index is -0.548. The Morgan fingerprint density at radius 3 is 2.17 bits per heavy atom. The molecule has 6 nitrogen and oxygen atoms in total. The average Bonchev–Trinajstić information content (AvgIpc) is 2.68. The standard InChI is InChI=1S/C16H30N2O4S/c1-14(2,3)21-12(19)17-16(11-23-7)8-9-18(10-16)13(20)22-15(4,5)6/h8-11H2,1-7H3,(H,17,19). The minimum absolute atomic E-state index is 0.341. The van der Waals surface area contributed by atoms with E-state index in [0.29, 0.717) is 25.3 Å². The van der Waals surface area contributed by atoms with Gasteiger partial charge >= 0.3 is 12.2 Å². The van der Waals surface area contributed by atoms with Gasteiger partial charge in [-0.15, -0.1) is 0 Å². The Kier molecular flexibility index (Phi) is 6.24. The summed E-state index contributed by atoms with van der Waals surface area (Å²) in [6, 6.07) is 0. The van der Waals surface area contributed by atoms with Gasteiger partial charge in [-0.3, -0.25) is 0 Å². The lowest BCUT2D eigenvalue weighted by Gasteiger charge is -2.31. The predicted octanol–water partition coefficient (Wildman–Crippen LogP) is 3.25. The third-order valence-corrected chi connectivity index (χ3v) is 4.03.